The molecule has 0 aliphatic rings. The van der Waals surface area contributed by atoms with Gasteiger partial charge in [-0.25, -0.2) is 12.7 Å². The highest BCUT2D eigenvalue weighted by Crippen LogP contribution is 2.20. The van der Waals surface area contributed by atoms with Crippen LogP contribution in [0.1, 0.15) is 30.7 Å². The van der Waals surface area contributed by atoms with Gasteiger partial charge in [-0.05, 0) is 36.2 Å². The van der Waals surface area contributed by atoms with Crippen LogP contribution in [0.4, 0.5) is 0 Å². The molecule has 0 aliphatic carbocycles. The second kappa shape index (κ2) is 8.05. The van der Waals surface area contributed by atoms with E-state index < -0.39 is 10.0 Å². The van der Waals surface area contributed by atoms with Crippen molar-refractivity contribution >= 4 is 38.6 Å². The van der Waals surface area contributed by atoms with Gasteiger partial charge in [-0.15, -0.1) is 22.7 Å². The first-order chi connectivity index (χ1) is 10.9. The standard InChI is InChI=1S/C15H20N2O3S3/c1-12(13-6-4-10-21-13)16-14(18)7-3-9-17(2)23(19,20)15-8-5-11-22-15/h4-6,8,10-12H,3,7,9H2,1-2H3,(H,16,18). The fraction of sp³-hybridized carbons (Fsp3) is 0.400. The zero-order valence-electron chi connectivity index (χ0n) is 13.1. The third-order valence-electron chi connectivity index (χ3n) is 3.38. The van der Waals surface area contributed by atoms with E-state index in [0.29, 0.717) is 23.6 Å². The summed E-state index contributed by atoms with van der Waals surface area (Å²) in [6, 6.07) is 7.22. The molecule has 1 amide bonds. The van der Waals surface area contributed by atoms with Gasteiger partial charge in [-0.2, -0.15) is 0 Å². The molecular formula is C15H20N2O3S3. The number of nitrogens with zero attached hydrogens (tertiary/aromatic N) is 1. The lowest BCUT2D eigenvalue weighted by Crippen LogP contribution is -2.30. The van der Waals surface area contributed by atoms with E-state index in [1.54, 1.807) is 35.9 Å². The van der Waals surface area contributed by atoms with E-state index >= 15 is 0 Å². The van der Waals surface area contributed by atoms with Crippen LogP contribution in [0.5, 0.6) is 0 Å². The summed E-state index contributed by atoms with van der Waals surface area (Å²) >= 11 is 2.80. The number of hydrogen-bond donors (Lipinski definition) is 1. The molecule has 23 heavy (non-hydrogen) atoms. The van der Waals surface area contributed by atoms with E-state index in [-0.39, 0.29) is 11.9 Å². The van der Waals surface area contributed by atoms with Crippen LogP contribution >= 0.6 is 22.7 Å². The van der Waals surface area contributed by atoms with Crippen LogP contribution in [0.15, 0.2) is 39.2 Å². The van der Waals surface area contributed by atoms with Gasteiger partial charge >= 0.3 is 0 Å². The number of carbonyl (C=O) groups excluding carboxylic acids is 1. The first kappa shape index (κ1) is 18.1. The molecule has 2 heterocycles. The minimum atomic E-state index is -3.43. The lowest BCUT2D eigenvalue weighted by Gasteiger charge is -2.16. The second-order valence-electron chi connectivity index (χ2n) is 5.17. The van der Waals surface area contributed by atoms with Crippen LogP contribution in [0.3, 0.4) is 0 Å². The Hall–Kier alpha value is -1.22. The minimum absolute atomic E-state index is 0.0184. The van der Waals surface area contributed by atoms with Crippen molar-refractivity contribution in [2.45, 2.75) is 30.0 Å². The van der Waals surface area contributed by atoms with Gasteiger partial charge in [0.25, 0.3) is 10.0 Å². The number of hydrogen-bond acceptors (Lipinski definition) is 5. The van der Waals surface area contributed by atoms with E-state index in [0.717, 1.165) is 4.88 Å². The van der Waals surface area contributed by atoms with E-state index in [1.807, 2.05) is 24.4 Å². The first-order valence-electron chi connectivity index (χ1n) is 7.24. The van der Waals surface area contributed by atoms with Crippen molar-refractivity contribution in [2.75, 3.05) is 13.6 Å². The van der Waals surface area contributed by atoms with Gasteiger partial charge in [0.05, 0.1) is 6.04 Å². The largest absolute Gasteiger partial charge is 0.349 e. The van der Waals surface area contributed by atoms with Crippen LogP contribution in [-0.4, -0.2) is 32.2 Å². The van der Waals surface area contributed by atoms with E-state index in [4.69, 9.17) is 0 Å². The molecular weight excluding hydrogens is 352 g/mol. The summed E-state index contributed by atoms with van der Waals surface area (Å²) in [7, 11) is -1.89. The number of nitrogens with one attached hydrogen (secondary N) is 1. The SMILES string of the molecule is CC(NC(=O)CCCN(C)S(=O)(=O)c1cccs1)c1cccs1. The zero-order valence-corrected chi connectivity index (χ0v) is 15.5. The van der Waals surface area contributed by atoms with Gasteiger partial charge in [0, 0.05) is 24.9 Å². The lowest BCUT2D eigenvalue weighted by atomic mass is 10.2. The summed E-state index contributed by atoms with van der Waals surface area (Å²) < 4.78 is 26.1. The van der Waals surface area contributed by atoms with Crippen LogP contribution < -0.4 is 5.32 Å². The Bertz CT molecular complexity index is 709. The Morgan fingerprint density at radius 2 is 1.96 bits per heavy atom. The topological polar surface area (TPSA) is 66.5 Å². The number of rotatable bonds is 8. The van der Waals surface area contributed by atoms with E-state index in [9.17, 15) is 13.2 Å². The van der Waals surface area contributed by atoms with Gasteiger partial charge in [0.2, 0.25) is 5.91 Å². The Morgan fingerprint density at radius 1 is 1.26 bits per heavy atom. The number of amides is 1. The van der Waals surface area contributed by atoms with Gasteiger partial charge < -0.3 is 5.32 Å². The molecule has 1 unspecified atom stereocenters. The summed E-state index contributed by atoms with van der Waals surface area (Å²) in [6.07, 6.45) is 0.796. The molecule has 2 aromatic heterocycles. The highest BCUT2D eigenvalue weighted by molar-refractivity contribution is 7.91. The normalized spacial score (nSPS) is 13.2. The summed E-state index contributed by atoms with van der Waals surface area (Å²) in [5.74, 6) is -0.0622. The number of carbonyl (C=O) groups is 1. The second-order valence-corrected chi connectivity index (χ2v) is 9.37. The van der Waals surface area contributed by atoms with Gasteiger partial charge in [0.15, 0.2) is 0 Å². The number of sulfonamides is 1. The quantitative estimate of drug-likeness (QED) is 0.774. The van der Waals surface area contributed by atoms with Crippen molar-refractivity contribution in [3.63, 3.8) is 0 Å². The minimum Gasteiger partial charge on any atom is -0.349 e. The van der Waals surface area contributed by atoms with Crippen LogP contribution in [0, 0.1) is 0 Å². The Labute approximate surface area is 145 Å². The maximum Gasteiger partial charge on any atom is 0.252 e. The summed E-state index contributed by atoms with van der Waals surface area (Å²) in [5.41, 5.74) is 0. The molecule has 0 aliphatic heterocycles. The Morgan fingerprint density at radius 3 is 2.57 bits per heavy atom. The zero-order chi connectivity index (χ0) is 16.9. The Balaban J connectivity index is 1.77. The predicted octanol–water partition coefficient (Wildman–Crippen LogP) is 3.09. The monoisotopic (exact) mass is 372 g/mol. The van der Waals surface area contributed by atoms with E-state index in [2.05, 4.69) is 5.32 Å². The van der Waals surface area contributed by atoms with Crippen molar-refractivity contribution in [2.24, 2.45) is 0 Å². The lowest BCUT2D eigenvalue weighted by molar-refractivity contribution is -0.121. The average molecular weight is 373 g/mol. The van der Waals surface area contributed by atoms with Crippen molar-refractivity contribution in [1.29, 1.82) is 0 Å². The third kappa shape index (κ3) is 4.87. The molecule has 0 aromatic carbocycles. The average Bonchev–Trinajstić information content (AvgIpc) is 3.20. The molecule has 0 bridgehead atoms. The van der Waals surface area contributed by atoms with Gasteiger partial charge in [-0.1, -0.05) is 12.1 Å². The van der Waals surface area contributed by atoms with Crippen LogP contribution in [-0.2, 0) is 14.8 Å². The van der Waals surface area contributed by atoms with Crippen molar-refractivity contribution in [3.05, 3.63) is 39.9 Å². The fourth-order valence-corrected chi connectivity index (χ4v) is 5.21. The van der Waals surface area contributed by atoms with Crippen LogP contribution in [0.25, 0.3) is 0 Å². The van der Waals surface area contributed by atoms with Crippen molar-refractivity contribution < 1.29 is 13.2 Å². The molecule has 0 spiro atoms. The molecule has 0 saturated carbocycles. The van der Waals surface area contributed by atoms with Crippen molar-refractivity contribution in [1.82, 2.24) is 9.62 Å². The molecule has 0 saturated heterocycles. The third-order valence-corrected chi connectivity index (χ3v) is 7.67. The molecule has 0 radical (unpaired) electrons. The highest BCUT2D eigenvalue weighted by Gasteiger charge is 2.21. The summed E-state index contributed by atoms with van der Waals surface area (Å²) in [6.45, 7) is 2.26. The smallest absolute Gasteiger partial charge is 0.252 e. The van der Waals surface area contributed by atoms with Gasteiger partial charge in [-0.3, -0.25) is 4.79 Å². The summed E-state index contributed by atoms with van der Waals surface area (Å²) in [5, 5.41) is 6.64. The highest BCUT2D eigenvalue weighted by atomic mass is 32.2. The number of thiophene rings is 2. The molecule has 126 valence electrons. The predicted molar refractivity (Wildman–Crippen MR) is 94.2 cm³/mol. The van der Waals surface area contributed by atoms with E-state index in [1.165, 1.54) is 15.6 Å². The first-order valence-corrected chi connectivity index (χ1v) is 10.4. The molecule has 0 fully saturated rings. The van der Waals surface area contributed by atoms with Gasteiger partial charge in [0.1, 0.15) is 4.21 Å². The molecule has 8 heteroatoms. The van der Waals surface area contributed by atoms with Crippen LogP contribution in [0.2, 0.25) is 0 Å². The molecule has 1 N–H and O–H groups in total. The Kier molecular flexibility index (Phi) is 6.34. The molecule has 2 aromatic rings. The molecule has 2 rings (SSSR count). The fourth-order valence-electron chi connectivity index (χ4n) is 2.07. The molecule has 1 atom stereocenters. The van der Waals surface area contributed by atoms with Crippen molar-refractivity contribution in [3.8, 4) is 0 Å². The summed E-state index contributed by atoms with van der Waals surface area (Å²) in [4.78, 5) is 13.0. The molecule has 5 nitrogen and oxygen atoms in total. The maximum absolute atomic E-state index is 12.2. The maximum atomic E-state index is 12.2.